The van der Waals surface area contributed by atoms with Gasteiger partial charge >= 0.3 is 32.6 Å². The van der Waals surface area contributed by atoms with Gasteiger partial charge in [0.15, 0.2) is 11.4 Å². The molecular formula is C25H26F6N2O8S2. The Morgan fingerprint density at radius 3 is 1.49 bits per heavy atom. The molecule has 0 radical (unpaired) electrons. The largest absolute Gasteiger partial charge is 0.493 e. The zero-order chi connectivity index (χ0) is 32.3. The summed E-state index contributed by atoms with van der Waals surface area (Å²) >= 11 is 0. The number of alkyl halides is 6. The summed E-state index contributed by atoms with van der Waals surface area (Å²) in [7, 11) is -8.64. The molecule has 0 aromatic heterocycles. The first-order valence-corrected chi connectivity index (χ1v) is 15.3. The maximum absolute atomic E-state index is 13.4. The lowest BCUT2D eigenvalue weighted by molar-refractivity contribution is -0.0606. The molecule has 0 N–H and O–H groups in total. The molecule has 0 atom stereocenters. The van der Waals surface area contributed by atoms with Gasteiger partial charge in [0.1, 0.15) is 17.3 Å². The molecule has 43 heavy (non-hydrogen) atoms. The number of nitrogens with zero attached hydrogens (tertiary/aromatic N) is 2. The van der Waals surface area contributed by atoms with Gasteiger partial charge in [-0.15, -0.1) is 6.58 Å². The highest BCUT2D eigenvalue weighted by molar-refractivity contribution is 7.87. The van der Waals surface area contributed by atoms with Crippen molar-refractivity contribution in [1.29, 1.82) is 0 Å². The molecule has 0 bridgehead atoms. The highest BCUT2D eigenvalue weighted by Crippen LogP contribution is 2.26. The minimum Gasteiger partial charge on any atom is -0.493 e. The molecule has 0 saturated carbocycles. The third-order valence-electron chi connectivity index (χ3n) is 4.88. The molecular weight excluding hydrogens is 634 g/mol. The van der Waals surface area contributed by atoms with Crippen LogP contribution in [0.5, 0.6) is 11.5 Å². The van der Waals surface area contributed by atoms with E-state index in [9.17, 15) is 43.2 Å². The minimum atomic E-state index is -5.02. The van der Waals surface area contributed by atoms with Crippen LogP contribution in [0.15, 0.2) is 71.5 Å². The van der Waals surface area contributed by atoms with Gasteiger partial charge in [-0.25, -0.2) is 0 Å². The minimum absolute atomic E-state index is 0.0506. The first-order chi connectivity index (χ1) is 20.0. The van der Waals surface area contributed by atoms with E-state index in [1.807, 2.05) is 0 Å². The van der Waals surface area contributed by atoms with E-state index in [-0.39, 0.29) is 37.6 Å². The molecule has 0 amide bonds. The normalized spacial score (nSPS) is 13.4. The highest BCUT2D eigenvalue weighted by Gasteiger charge is 2.39. The summed E-state index contributed by atoms with van der Waals surface area (Å²) in [4.78, 5) is 0. The fraction of sp³-hybridized carbons (Fsp3) is 0.360. The second-order valence-corrected chi connectivity index (χ2v) is 11.7. The molecule has 0 fully saturated rings. The van der Waals surface area contributed by atoms with Crippen molar-refractivity contribution in [2.45, 2.75) is 32.1 Å². The summed E-state index contributed by atoms with van der Waals surface area (Å²) in [5.74, 6) is -0.875. The SMILES string of the molecule is C=CCS(=O)(=O)O/N=C(/c1ccc(OCCCOc2ccc(/C(=N/OS(=O)(=O)CCC)C(F)(F)F)cc2)cc1)C(F)(F)F. The molecule has 0 aliphatic heterocycles. The molecule has 2 aromatic carbocycles. The Bertz CT molecular complexity index is 1490. The van der Waals surface area contributed by atoms with Gasteiger partial charge in [-0.1, -0.05) is 23.3 Å². The Balaban J connectivity index is 1.94. The molecule has 0 heterocycles. The van der Waals surface area contributed by atoms with Gasteiger partial charge in [0.2, 0.25) is 0 Å². The predicted octanol–water partition coefficient (Wildman–Crippen LogP) is 5.36. The first-order valence-electron chi connectivity index (χ1n) is 12.2. The molecule has 2 aromatic rings. The topological polar surface area (TPSA) is 130 Å². The van der Waals surface area contributed by atoms with Crippen molar-refractivity contribution in [3.63, 3.8) is 0 Å². The average molecular weight is 661 g/mol. The van der Waals surface area contributed by atoms with E-state index in [1.54, 1.807) is 0 Å². The molecule has 0 saturated heterocycles. The van der Waals surface area contributed by atoms with Gasteiger partial charge in [-0.2, -0.15) is 43.2 Å². The monoisotopic (exact) mass is 660 g/mol. The third-order valence-corrected chi connectivity index (χ3v) is 7.03. The van der Waals surface area contributed by atoms with Crippen molar-refractivity contribution in [2.75, 3.05) is 24.7 Å². The summed E-state index contributed by atoms with van der Waals surface area (Å²) in [6.45, 7) is 4.77. The van der Waals surface area contributed by atoms with Gasteiger partial charge in [-0.3, -0.25) is 8.57 Å². The molecule has 2 rings (SSSR count). The first kappa shape index (κ1) is 35.4. The van der Waals surface area contributed by atoms with Gasteiger partial charge in [0.25, 0.3) is 0 Å². The second kappa shape index (κ2) is 15.1. The van der Waals surface area contributed by atoms with Crippen LogP contribution in [0.4, 0.5) is 26.3 Å². The third kappa shape index (κ3) is 12.1. The van der Waals surface area contributed by atoms with Gasteiger partial charge in [0.05, 0.1) is 19.0 Å². The maximum atomic E-state index is 13.4. The molecule has 0 spiro atoms. The van der Waals surface area contributed by atoms with Crippen molar-refractivity contribution in [3.8, 4) is 11.5 Å². The van der Waals surface area contributed by atoms with E-state index in [0.717, 1.165) is 30.3 Å². The Morgan fingerprint density at radius 2 is 1.14 bits per heavy atom. The lowest BCUT2D eigenvalue weighted by Crippen LogP contribution is -2.25. The van der Waals surface area contributed by atoms with Crippen LogP contribution in [0.25, 0.3) is 0 Å². The van der Waals surface area contributed by atoms with Crippen LogP contribution in [-0.2, 0) is 28.8 Å². The predicted molar refractivity (Wildman–Crippen MR) is 144 cm³/mol. The van der Waals surface area contributed by atoms with Crippen molar-refractivity contribution >= 4 is 31.7 Å². The van der Waals surface area contributed by atoms with E-state index in [1.165, 1.54) is 31.2 Å². The van der Waals surface area contributed by atoms with Crippen LogP contribution in [0.2, 0.25) is 0 Å². The number of hydrogen-bond donors (Lipinski definition) is 0. The quantitative estimate of drug-likeness (QED) is 0.0774. The average Bonchev–Trinajstić information content (AvgIpc) is 2.88. The fourth-order valence-electron chi connectivity index (χ4n) is 3.04. The van der Waals surface area contributed by atoms with Crippen LogP contribution < -0.4 is 9.47 Å². The van der Waals surface area contributed by atoms with Crippen LogP contribution in [-0.4, -0.2) is 65.3 Å². The Hall–Kier alpha value is -3.80. The number of oxime groups is 2. The Labute approximate surface area is 243 Å². The standard InChI is InChI=1S/C25H26F6N2O8S2/c1-3-16-42(34,35)40-32-22(24(26,27)28)18-6-10-20(11-7-18)38-14-5-15-39-21-12-8-19(9-13-21)23(25(29,30)31)33-41-43(36,37)17-4-2/h3,6-13H,1,4-5,14-17H2,2H3/b32-22-,33-23-. The zero-order valence-electron chi connectivity index (χ0n) is 22.4. The van der Waals surface area contributed by atoms with E-state index in [2.05, 4.69) is 25.5 Å². The van der Waals surface area contributed by atoms with Gasteiger partial charge in [-0.05, 0) is 55.0 Å². The molecule has 0 unspecified atom stereocenters. The maximum Gasteiger partial charge on any atom is 0.437 e. The van der Waals surface area contributed by atoms with E-state index in [0.29, 0.717) is 0 Å². The van der Waals surface area contributed by atoms with Crippen LogP contribution in [0.1, 0.15) is 30.9 Å². The Kier molecular flexibility index (Phi) is 12.4. The summed E-state index contributed by atoms with van der Waals surface area (Å²) in [5.41, 5.74) is -4.05. The van der Waals surface area contributed by atoms with Crippen LogP contribution in [0, 0.1) is 0 Å². The van der Waals surface area contributed by atoms with Crippen molar-refractivity contribution in [1.82, 2.24) is 0 Å². The molecule has 10 nitrogen and oxygen atoms in total. The smallest absolute Gasteiger partial charge is 0.437 e. The summed E-state index contributed by atoms with van der Waals surface area (Å²) in [6.07, 6.45) is -8.69. The highest BCUT2D eigenvalue weighted by atomic mass is 32.2. The number of benzene rings is 2. The number of hydrogen-bond acceptors (Lipinski definition) is 10. The lowest BCUT2D eigenvalue weighted by Gasteiger charge is -2.12. The number of halogens is 6. The van der Waals surface area contributed by atoms with Crippen molar-refractivity contribution in [2.24, 2.45) is 10.3 Å². The van der Waals surface area contributed by atoms with Gasteiger partial charge < -0.3 is 9.47 Å². The zero-order valence-corrected chi connectivity index (χ0v) is 24.0. The molecule has 238 valence electrons. The summed E-state index contributed by atoms with van der Waals surface area (Å²) < 4.78 is 145. The second-order valence-electron chi connectivity index (χ2n) is 8.40. The molecule has 0 aliphatic rings. The van der Waals surface area contributed by atoms with Crippen LogP contribution in [0.3, 0.4) is 0 Å². The molecule has 0 aliphatic carbocycles. The van der Waals surface area contributed by atoms with E-state index >= 15 is 0 Å². The molecule has 18 heteroatoms. The van der Waals surface area contributed by atoms with Gasteiger partial charge in [0, 0.05) is 17.5 Å². The fourth-order valence-corrected chi connectivity index (χ4v) is 4.34. The van der Waals surface area contributed by atoms with Crippen molar-refractivity contribution < 1.29 is 61.2 Å². The lowest BCUT2D eigenvalue weighted by atomic mass is 10.1. The van der Waals surface area contributed by atoms with Crippen molar-refractivity contribution in [3.05, 3.63) is 72.3 Å². The Morgan fingerprint density at radius 1 is 0.744 bits per heavy atom. The summed E-state index contributed by atoms with van der Waals surface area (Å²) in [5, 5.41) is 5.56. The summed E-state index contributed by atoms with van der Waals surface area (Å²) in [6, 6.07) is 8.88. The van der Waals surface area contributed by atoms with Crippen LogP contribution >= 0.6 is 0 Å². The van der Waals surface area contributed by atoms with E-state index < -0.39 is 66.6 Å². The number of ether oxygens (including phenoxy) is 2. The number of rotatable bonds is 16. The van der Waals surface area contributed by atoms with E-state index in [4.69, 9.17) is 9.47 Å².